The van der Waals surface area contributed by atoms with Crippen molar-refractivity contribution in [2.24, 2.45) is 5.73 Å². The van der Waals surface area contributed by atoms with Gasteiger partial charge in [-0.2, -0.15) is 0 Å². The van der Waals surface area contributed by atoms with E-state index >= 15 is 0 Å². The number of fused-ring (bicyclic) bond motifs is 1. The molecule has 1 heterocycles. The van der Waals surface area contributed by atoms with Crippen molar-refractivity contribution >= 4 is 16.9 Å². The van der Waals surface area contributed by atoms with Crippen molar-refractivity contribution in [3.63, 3.8) is 0 Å². The number of hydrogen-bond donors (Lipinski definition) is 2. The molecule has 0 radical (unpaired) electrons. The fraction of sp³-hybridized carbons (Fsp3) is 0.471. The van der Waals surface area contributed by atoms with E-state index in [4.69, 9.17) is 5.73 Å². The molecule has 0 unspecified atom stereocenters. The van der Waals surface area contributed by atoms with Crippen LogP contribution in [-0.4, -0.2) is 22.2 Å². The summed E-state index contributed by atoms with van der Waals surface area (Å²) < 4.78 is 2.24. The van der Waals surface area contributed by atoms with Crippen LogP contribution in [-0.2, 0) is 13.0 Å². The van der Waals surface area contributed by atoms with E-state index in [9.17, 15) is 9.90 Å². The molecule has 1 aromatic heterocycles. The van der Waals surface area contributed by atoms with E-state index in [1.54, 1.807) is 0 Å². The second kappa shape index (κ2) is 6.31. The molecule has 114 valence electrons. The van der Waals surface area contributed by atoms with Crippen LogP contribution in [0.25, 0.3) is 10.9 Å². The highest BCUT2D eigenvalue weighted by Crippen LogP contribution is 2.30. The Hall–Kier alpha value is -1.81. The van der Waals surface area contributed by atoms with Gasteiger partial charge in [0.1, 0.15) is 0 Å². The van der Waals surface area contributed by atoms with Crippen molar-refractivity contribution in [1.82, 2.24) is 4.57 Å². The molecular formula is C17H24N2O2. The lowest BCUT2D eigenvalue weighted by Crippen LogP contribution is -2.03. The molecule has 0 fully saturated rings. The number of carboxylic acids is 1. The number of aryl methyl sites for hydroxylation is 3. The number of nitrogens with zero attached hydrogens (tertiary/aromatic N) is 1. The Bertz CT molecular complexity index is 671. The van der Waals surface area contributed by atoms with Gasteiger partial charge in [0.15, 0.2) is 0 Å². The maximum atomic E-state index is 11.4. The lowest BCUT2D eigenvalue weighted by atomic mass is 10.0. The fourth-order valence-electron chi connectivity index (χ4n) is 3.04. The van der Waals surface area contributed by atoms with Crippen LogP contribution in [0, 0.1) is 13.8 Å². The zero-order chi connectivity index (χ0) is 15.6. The number of aromatic carboxylic acids is 1. The summed E-state index contributed by atoms with van der Waals surface area (Å²) in [6, 6.07) is 3.84. The van der Waals surface area contributed by atoms with Crippen LogP contribution in [0.15, 0.2) is 12.1 Å². The summed E-state index contributed by atoms with van der Waals surface area (Å²) in [6.45, 7) is 7.70. The molecule has 0 saturated heterocycles. The van der Waals surface area contributed by atoms with Crippen molar-refractivity contribution in [2.75, 3.05) is 6.54 Å². The SMILES string of the molecule is CCCn1c(C)c(CCCN)c2cc(C)c(C(=O)O)cc21. The third-order valence-electron chi connectivity index (χ3n) is 4.11. The van der Waals surface area contributed by atoms with Crippen molar-refractivity contribution in [3.8, 4) is 0 Å². The summed E-state index contributed by atoms with van der Waals surface area (Å²) >= 11 is 0. The van der Waals surface area contributed by atoms with Gasteiger partial charge in [-0.05, 0) is 62.9 Å². The van der Waals surface area contributed by atoms with E-state index in [2.05, 4.69) is 18.4 Å². The minimum Gasteiger partial charge on any atom is -0.478 e. The van der Waals surface area contributed by atoms with E-state index in [0.29, 0.717) is 12.1 Å². The molecular weight excluding hydrogens is 264 g/mol. The van der Waals surface area contributed by atoms with Gasteiger partial charge < -0.3 is 15.4 Å². The van der Waals surface area contributed by atoms with Gasteiger partial charge >= 0.3 is 5.97 Å². The molecule has 4 nitrogen and oxygen atoms in total. The van der Waals surface area contributed by atoms with Crippen molar-refractivity contribution < 1.29 is 9.90 Å². The predicted molar refractivity (Wildman–Crippen MR) is 86.0 cm³/mol. The van der Waals surface area contributed by atoms with Gasteiger partial charge in [0, 0.05) is 23.1 Å². The van der Waals surface area contributed by atoms with Crippen LogP contribution in [0.2, 0.25) is 0 Å². The first-order valence-corrected chi connectivity index (χ1v) is 7.56. The highest BCUT2D eigenvalue weighted by molar-refractivity contribution is 5.96. The zero-order valence-corrected chi connectivity index (χ0v) is 13.1. The number of aromatic nitrogens is 1. The summed E-state index contributed by atoms with van der Waals surface area (Å²) in [6.07, 6.45) is 2.92. The molecule has 0 spiro atoms. The van der Waals surface area contributed by atoms with Gasteiger partial charge in [0.2, 0.25) is 0 Å². The molecule has 0 aliphatic carbocycles. The van der Waals surface area contributed by atoms with Crippen molar-refractivity contribution in [2.45, 2.75) is 46.6 Å². The average Bonchev–Trinajstić information content (AvgIpc) is 2.68. The largest absolute Gasteiger partial charge is 0.478 e. The number of carbonyl (C=O) groups is 1. The van der Waals surface area contributed by atoms with Crippen LogP contribution in [0.1, 0.15) is 46.9 Å². The van der Waals surface area contributed by atoms with Crippen molar-refractivity contribution in [3.05, 3.63) is 34.5 Å². The number of benzene rings is 1. The third kappa shape index (κ3) is 2.81. The zero-order valence-electron chi connectivity index (χ0n) is 13.1. The smallest absolute Gasteiger partial charge is 0.336 e. The second-order valence-electron chi connectivity index (χ2n) is 5.60. The molecule has 0 aliphatic rings. The van der Waals surface area contributed by atoms with Crippen LogP contribution in [0.4, 0.5) is 0 Å². The molecule has 0 atom stereocenters. The first-order chi connectivity index (χ1) is 10.0. The molecule has 0 aliphatic heterocycles. The molecule has 2 rings (SSSR count). The van der Waals surface area contributed by atoms with Gasteiger partial charge in [-0.1, -0.05) is 6.92 Å². The number of nitrogens with two attached hydrogens (primary N) is 1. The van der Waals surface area contributed by atoms with Crippen LogP contribution < -0.4 is 5.73 Å². The highest BCUT2D eigenvalue weighted by Gasteiger charge is 2.17. The molecule has 0 saturated carbocycles. The molecule has 3 N–H and O–H groups in total. The summed E-state index contributed by atoms with van der Waals surface area (Å²) in [7, 11) is 0. The average molecular weight is 288 g/mol. The van der Waals surface area contributed by atoms with Crippen molar-refractivity contribution in [1.29, 1.82) is 0 Å². The monoisotopic (exact) mass is 288 g/mol. The molecule has 4 heteroatoms. The Balaban J connectivity index is 2.71. The Labute approximate surface area is 125 Å². The van der Waals surface area contributed by atoms with Gasteiger partial charge in [-0.25, -0.2) is 4.79 Å². The van der Waals surface area contributed by atoms with E-state index < -0.39 is 5.97 Å². The number of carboxylic acid groups (broad SMARTS) is 1. The topological polar surface area (TPSA) is 68.2 Å². The number of hydrogen-bond acceptors (Lipinski definition) is 2. The van der Waals surface area contributed by atoms with E-state index in [1.807, 2.05) is 19.1 Å². The highest BCUT2D eigenvalue weighted by atomic mass is 16.4. The Morgan fingerprint density at radius 2 is 2.05 bits per heavy atom. The maximum Gasteiger partial charge on any atom is 0.336 e. The van der Waals surface area contributed by atoms with Gasteiger partial charge in [0.25, 0.3) is 0 Å². The summed E-state index contributed by atoms with van der Waals surface area (Å²) in [5.74, 6) is -0.861. The van der Waals surface area contributed by atoms with E-state index in [-0.39, 0.29) is 0 Å². The van der Waals surface area contributed by atoms with Crippen LogP contribution in [0.5, 0.6) is 0 Å². The third-order valence-corrected chi connectivity index (χ3v) is 4.11. The van der Waals surface area contributed by atoms with E-state index in [1.165, 1.54) is 16.6 Å². The Kier molecular flexibility index (Phi) is 4.68. The quantitative estimate of drug-likeness (QED) is 0.857. The minimum atomic E-state index is -0.861. The minimum absolute atomic E-state index is 0.391. The lowest BCUT2D eigenvalue weighted by molar-refractivity contribution is 0.0696. The molecule has 2 aromatic rings. The van der Waals surface area contributed by atoms with Gasteiger partial charge in [0.05, 0.1) is 5.56 Å². The fourth-order valence-corrected chi connectivity index (χ4v) is 3.04. The first kappa shape index (κ1) is 15.6. The van der Waals surface area contributed by atoms with E-state index in [0.717, 1.165) is 36.9 Å². The summed E-state index contributed by atoms with van der Waals surface area (Å²) in [5.41, 5.74) is 10.4. The normalized spacial score (nSPS) is 11.2. The summed E-state index contributed by atoms with van der Waals surface area (Å²) in [4.78, 5) is 11.4. The predicted octanol–water partition coefficient (Wildman–Crippen LogP) is 3.26. The van der Waals surface area contributed by atoms with Crippen LogP contribution >= 0.6 is 0 Å². The Morgan fingerprint density at radius 1 is 1.33 bits per heavy atom. The number of rotatable bonds is 6. The summed E-state index contributed by atoms with van der Waals surface area (Å²) in [5, 5.41) is 10.5. The lowest BCUT2D eigenvalue weighted by Gasteiger charge is -2.08. The van der Waals surface area contributed by atoms with Gasteiger partial charge in [-0.3, -0.25) is 0 Å². The molecule has 1 aromatic carbocycles. The first-order valence-electron chi connectivity index (χ1n) is 7.56. The standard InChI is InChI=1S/C17H24N2O2/c1-4-8-19-12(3)13(6-5-7-18)15-9-11(2)14(17(20)21)10-16(15)19/h9-10H,4-8,18H2,1-3H3,(H,20,21). The maximum absolute atomic E-state index is 11.4. The molecule has 21 heavy (non-hydrogen) atoms. The Morgan fingerprint density at radius 3 is 2.62 bits per heavy atom. The molecule has 0 bridgehead atoms. The second-order valence-corrected chi connectivity index (χ2v) is 5.60. The molecule has 0 amide bonds. The van der Waals surface area contributed by atoms with Crippen LogP contribution in [0.3, 0.4) is 0 Å². The van der Waals surface area contributed by atoms with Gasteiger partial charge in [-0.15, -0.1) is 0 Å².